The van der Waals surface area contributed by atoms with Crippen molar-refractivity contribution in [2.75, 3.05) is 6.54 Å². The lowest BCUT2D eigenvalue weighted by Gasteiger charge is -2.29. The van der Waals surface area contributed by atoms with Crippen LogP contribution in [0, 0.1) is 11.8 Å². The van der Waals surface area contributed by atoms with E-state index in [0.29, 0.717) is 12.5 Å². The van der Waals surface area contributed by atoms with Crippen LogP contribution in [-0.4, -0.2) is 29.7 Å². The molecule has 5 nitrogen and oxygen atoms in total. The molecule has 1 fully saturated rings. The van der Waals surface area contributed by atoms with Crippen LogP contribution in [-0.2, 0) is 4.79 Å². The van der Waals surface area contributed by atoms with Crippen LogP contribution in [0.25, 0.3) is 0 Å². The van der Waals surface area contributed by atoms with Crippen molar-refractivity contribution in [3.05, 3.63) is 0 Å². The van der Waals surface area contributed by atoms with Gasteiger partial charge in [0.25, 0.3) is 0 Å². The van der Waals surface area contributed by atoms with Gasteiger partial charge in [0.05, 0.1) is 0 Å². The molecule has 1 aliphatic carbocycles. The van der Waals surface area contributed by atoms with Gasteiger partial charge in [-0.15, -0.1) is 0 Å². The van der Waals surface area contributed by atoms with Gasteiger partial charge in [-0.2, -0.15) is 0 Å². The van der Waals surface area contributed by atoms with E-state index < -0.39 is 6.09 Å². The molecule has 0 radical (unpaired) electrons. The summed E-state index contributed by atoms with van der Waals surface area (Å²) in [7, 11) is 0. The van der Waals surface area contributed by atoms with Gasteiger partial charge in [-0.1, -0.05) is 13.8 Å². The molecule has 0 aromatic rings. The van der Waals surface area contributed by atoms with Crippen LogP contribution < -0.4 is 10.6 Å². The van der Waals surface area contributed by atoms with Crippen molar-refractivity contribution in [3.8, 4) is 0 Å². The maximum absolute atomic E-state index is 11.5. The summed E-state index contributed by atoms with van der Waals surface area (Å²) < 4.78 is 0. The first-order valence-electron chi connectivity index (χ1n) is 6.26. The summed E-state index contributed by atoms with van der Waals surface area (Å²) in [6.07, 6.45) is 2.89. The van der Waals surface area contributed by atoms with Crippen molar-refractivity contribution in [3.63, 3.8) is 0 Å². The Kier molecular flexibility index (Phi) is 5.25. The van der Waals surface area contributed by atoms with E-state index in [2.05, 4.69) is 10.6 Å². The van der Waals surface area contributed by atoms with Gasteiger partial charge < -0.3 is 15.7 Å². The van der Waals surface area contributed by atoms with Crippen LogP contribution in [0.15, 0.2) is 0 Å². The molecule has 0 saturated heterocycles. The van der Waals surface area contributed by atoms with E-state index in [1.165, 1.54) is 0 Å². The highest BCUT2D eigenvalue weighted by molar-refractivity contribution is 5.78. The third-order valence-electron chi connectivity index (χ3n) is 3.26. The Hall–Kier alpha value is -1.26. The van der Waals surface area contributed by atoms with Crippen molar-refractivity contribution in [1.82, 2.24) is 10.6 Å². The first kappa shape index (κ1) is 13.8. The summed E-state index contributed by atoms with van der Waals surface area (Å²) >= 11 is 0. The molecular formula is C12H22N2O3. The normalized spacial score (nSPS) is 24.4. The number of amides is 2. The molecule has 0 aromatic carbocycles. The van der Waals surface area contributed by atoms with Crippen LogP contribution in [0.5, 0.6) is 0 Å². The molecule has 0 bridgehead atoms. The van der Waals surface area contributed by atoms with Gasteiger partial charge in [-0.25, -0.2) is 4.79 Å². The van der Waals surface area contributed by atoms with Crippen LogP contribution in [0.1, 0.15) is 39.5 Å². The van der Waals surface area contributed by atoms with E-state index in [1.807, 2.05) is 13.8 Å². The van der Waals surface area contributed by atoms with E-state index >= 15 is 0 Å². The second kappa shape index (κ2) is 6.47. The zero-order valence-corrected chi connectivity index (χ0v) is 10.5. The molecule has 0 atom stereocenters. The zero-order chi connectivity index (χ0) is 12.8. The smallest absolute Gasteiger partial charge is 0.404 e. The maximum atomic E-state index is 11.5. The minimum absolute atomic E-state index is 0.0291. The summed E-state index contributed by atoms with van der Waals surface area (Å²) in [5.41, 5.74) is 0. The third kappa shape index (κ3) is 5.06. The Morgan fingerprint density at radius 2 is 1.82 bits per heavy atom. The molecule has 98 valence electrons. The average Bonchev–Trinajstić information content (AvgIpc) is 2.28. The van der Waals surface area contributed by atoms with Crippen LogP contribution >= 0.6 is 0 Å². The number of rotatable bonds is 4. The third-order valence-corrected chi connectivity index (χ3v) is 3.26. The Bertz CT molecular complexity index is 271. The van der Waals surface area contributed by atoms with E-state index in [1.54, 1.807) is 0 Å². The SMILES string of the molecule is CC(C)C(=O)NC1CCC(CNC(=O)O)CC1. The average molecular weight is 242 g/mol. The molecule has 1 saturated carbocycles. The second-order valence-electron chi connectivity index (χ2n) is 5.07. The first-order chi connectivity index (χ1) is 7.99. The molecule has 3 N–H and O–H groups in total. The summed E-state index contributed by atoms with van der Waals surface area (Å²) in [5, 5.41) is 14.0. The van der Waals surface area contributed by atoms with Crippen molar-refractivity contribution in [2.24, 2.45) is 11.8 Å². The summed E-state index contributed by atoms with van der Waals surface area (Å²) in [5.74, 6) is 0.553. The van der Waals surface area contributed by atoms with Gasteiger partial charge in [0, 0.05) is 18.5 Å². The molecule has 0 aliphatic heterocycles. The molecule has 0 unspecified atom stereocenters. The molecule has 1 rings (SSSR count). The fraction of sp³-hybridized carbons (Fsp3) is 0.833. The molecule has 1 aliphatic rings. The second-order valence-corrected chi connectivity index (χ2v) is 5.07. The molecule has 0 aromatic heterocycles. The number of carbonyl (C=O) groups excluding carboxylic acids is 1. The number of hydrogen-bond donors (Lipinski definition) is 3. The molecule has 0 spiro atoms. The Balaban J connectivity index is 2.21. The van der Waals surface area contributed by atoms with Crippen molar-refractivity contribution in [2.45, 2.75) is 45.6 Å². The van der Waals surface area contributed by atoms with Gasteiger partial charge in [-0.05, 0) is 31.6 Å². The van der Waals surface area contributed by atoms with Crippen molar-refractivity contribution < 1.29 is 14.7 Å². The van der Waals surface area contributed by atoms with Gasteiger partial charge in [0.1, 0.15) is 0 Å². The monoisotopic (exact) mass is 242 g/mol. The molecule has 0 heterocycles. The summed E-state index contributed by atoms with van der Waals surface area (Å²) in [6, 6.07) is 0.269. The van der Waals surface area contributed by atoms with Crippen LogP contribution in [0.4, 0.5) is 4.79 Å². The fourth-order valence-electron chi connectivity index (χ4n) is 2.11. The van der Waals surface area contributed by atoms with E-state index in [-0.39, 0.29) is 17.9 Å². The Morgan fingerprint density at radius 1 is 1.24 bits per heavy atom. The van der Waals surface area contributed by atoms with E-state index in [4.69, 9.17) is 5.11 Å². The lowest BCUT2D eigenvalue weighted by molar-refractivity contribution is -0.125. The van der Waals surface area contributed by atoms with Gasteiger partial charge >= 0.3 is 6.09 Å². The van der Waals surface area contributed by atoms with Crippen molar-refractivity contribution >= 4 is 12.0 Å². The maximum Gasteiger partial charge on any atom is 0.404 e. The quantitative estimate of drug-likeness (QED) is 0.700. The highest BCUT2D eigenvalue weighted by Crippen LogP contribution is 2.23. The molecular weight excluding hydrogens is 220 g/mol. The number of hydrogen-bond acceptors (Lipinski definition) is 2. The predicted molar refractivity (Wildman–Crippen MR) is 64.8 cm³/mol. The molecule has 2 amide bonds. The zero-order valence-electron chi connectivity index (χ0n) is 10.5. The first-order valence-corrected chi connectivity index (χ1v) is 6.26. The largest absolute Gasteiger partial charge is 0.465 e. The lowest BCUT2D eigenvalue weighted by Crippen LogP contribution is -2.41. The number of carbonyl (C=O) groups is 2. The topological polar surface area (TPSA) is 78.4 Å². The predicted octanol–water partition coefficient (Wildman–Crippen LogP) is 1.58. The van der Waals surface area contributed by atoms with Gasteiger partial charge in [0.2, 0.25) is 5.91 Å². The van der Waals surface area contributed by atoms with Crippen molar-refractivity contribution in [1.29, 1.82) is 0 Å². The van der Waals surface area contributed by atoms with E-state index in [0.717, 1.165) is 25.7 Å². The van der Waals surface area contributed by atoms with E-state index in [9.17, 15) is 9.59 Å². The standard InChI is InChI=1S/C12H22N2O3/c1-8(2)11(15)14-10-5-3-9(4-6-10)7-13-12(16)17/h8-10,13H,3-7H2,1-2H3,(H,14,15)(H,16,17). The number of nitrogens with one attached hydrogen (secondary N) is 2. The Labute approximate surface area is 102 Å². The lowest BCUT2D eigenvalue weighted by atomic mass is 9.86. The highest BCUT2D eigenvalue weighted by atomic mass is 16.4. The summed E-state index contributed by atoms with van der Waals surface area (Å²) in [4.78, 5) is 21.9. The highest BCUT2D eigenvalue weighted by Gasteiger charge is 2.23. The Morgan fingerprint density at radius 3 is 2.29 bits per heavy atom. The minimum atomic E-state index is -0.958. The molecule has 5 heteroatoms. The minimum Gasteiger partial charge on any atom is -0.465 e. The van der Waals surface area contributed by atoms with Crippen LogP contribution in [0.2, 0.25) is 0 Å². The summed E-state index contributed by atoms with van der Waals surface area (Å²) in [6.45, 7) is 4.30. The van der Waals surface area contributed by atoms with Crippen LogP contribution in [0.3, 0.4) is 0 Å². The fourth-order valence-corrected chi connectivity index (χ4v) is 2.11. The van der Waals surface area contributed by atoms with Gasteiger partial charge in [-0.3, -0.25) is 4.79 Å². The molecule has 17 heavy (non-hydrogen) atoms. The number of carboxylic acid groups (broad SMARTS) is 1. The van der Waals surface area contributed by atoms with Gasteiger partial charge in [0.15, 0.2) is 0 Å².